The van der Waals surface area contributed by atoms with Crippen LogP contribution in [0.25, 0.3) is 0 Å². The summed E-state index contributed by atoms with van der Waals surface area (Å²) in [5.74, 6) is -0.470. The number of aliphatic hydroxyl groups is 1. The van der Waals surface area contributed by atoms with Gasteiger partial charge in [-0.2, -0.15) is 0 Å². The molecule has 1 aromatic rings. The lowest BCUT2D eigenvalue weighted by molar-refractivity contribution is 0.1000. The van der Waals surface area contributed by atoms with Crippen molar-refractivity contribution in [3.8, 4) is 0 Å². The van der Waals surface area contributed by atoms with Gasteiger partial charge in [0.15, 0.2) is 0 Å². The molecular weight excluding hydrogens is 218 g/mol. The number of hydrogen-bond donors (Lipinski definition) is 4. The largest absolute Gasteiger partial charge is 0.372 e. The molecule has 1 heterocycles. The molecule has 0 radical (unpaired) electrons. The number of benzene rings is 1. The molecule has 1 unspecified atom stereocenters. The molecular formula is C12H17N3O2. The van der Waals surface area contributed by atoms with Crippen molar-refractivity contribution in [1.29, 1.82) is 0 Å². The van der Waals surface area contributed by atoms with Crippen LogP contribution >= 0.6 is 0 Å². The first-order valence-corrected chi connectivity index (χ1v) is 5.74. The fourth-order valence-electron chi connectivity index (χ4n) is 2.01. The zero-order chi connectivity index (χ0) is 12.3. The molecule has 5 N–H and O–H groups in total. The first-order chi connectivity index (χ1) is 8.16. The van der Waals surface area contributed by atoms with Gasteiger partial charge in [0.2, 0.25) is 5.91 Å². The first kappa shape index (κ1) is 11.9. The number of primary amides is 1. The number of amides is 1. The van der Waals surface area contributed by atoms with E-state index in [1.165, 1.54) is 0 Å². The van der Waals surface area contributed by atoms with Gasteiger partial charge in [-0.05, 0) is 37.6 Å². The maximum atomic E-state index is 11.0. The van der Waals surface area contributed by atoms with Gasteiger partial charge in [0.05, 0.1) is 6.04 Å². The SMILES string of the molecule is NC(=O)c1cccc(NC(O)[C@@H]2CCCN2)c1. The van der Waals surface area contributed by atoms with Crippen molar-refractivity contribution in [3.63, 3.8) is 0 Å². The summed E-state index contributed by atoms with van der Waals surface area (Å²) in [6.07, 6.45) is 1.37. The van der Waals surface area contributed by atoms with Crippen LogP contribution in [0.15, 0.2) is 24.3 Å². The molecule has 1 amide bonds. The van der Waals surface area contributed by atoms with E-state index in [9.17, 15) is 9.90 Å². The third kappa shape index (κ3) is 2.95. The van der Waals surface area contributed by atoms with Crippen molar-refractivity contribution in [1.82, 2.24) is 5.32 Å². The molecule has 92 valence electrons. The minimum atomic E-state index is -0.652. The maximum absolute atomic E-state index is 11.0. The Balaban J connectivity index is 2.02. The molecule has 5 nitrogen and oxygen atoms in total. The summed E-state index contributed by atoms with van der Waals surface area (Å²) in [7, 11) is 0. The second kappa shape index (κ2) is 5.16. The summed E-state index contributed by atoms with van der Waals surface area (Å²) in [5.41, 5.74) is 6.32. The van der Waals surface area contributed by atoms with Gasteiger partial charge in [0.1, 0.15) is 6.23 Å². The molecule has 17 heavy (non-hydrogen) atoms. The van der Waals surface area contributed by atoms with Crippen LogP contribution in [-0.4, -0.2) is 29.8 Å². The number of carbonyl (C=O) groups excluding carboxylic acids is 1. The van der Waals surface area contributed by atoms with Crippen LogP contribution in [0.3, 0.4) is 0 Å². The Morgan fingerprint density at radius 3 is 3.06 bits per heavy atom. The Labute approximate surface area is 100 Å². The summed E-state index contributed by atoms with van der Waals surface area (Å²) < 4.78 is 0. The molecule has 2 atom stereocenters. The average Bonchev–Trinajstić information content (AvgIpc) is 2.82. The van der Waals surface area contributed by atoms with E-state index in [4.69, 9.17) is 5.73 Å². The fourth-order valence-corrected chi connectivity index (χ4v) is 2.01. The summed E-state index contributed by atoms with van der Waals surface area (Å²) >= 11 is 0. The summed E-state index contributed by atoms with van der Waals surface area (Å²) in [6.45, 7) is 0.935. The molecule has 2 rings (SSSR count). The number of carbonyl (C=O) groups is 1. The molecule has 0 spiro atoms. The number of nitrogens with one attached hydrogen (secondary N) is 2. The fraction of sp³-hybridized carbons (Fsp3) is 0.417. The third-order valence-electron chi connectivity index (χ3n) is 2.94. The zero-order valence-corrected chi connectivity index (χ0v) is 9.52. The highest BCUT2D eigenvalue weighted by atomic mass is 16.3. The summed E-state index contributed by atoms with van der Waals surface area (Å²) in [5, 5.41) is 16.1. The Kier molecular flexibility index (Phi) is 3.61. The van der Waals surface area contributed by atoms with Crippen molar-refractivity contribution in [3.05, 3.63) is 29.8 Å². The quantitative estimate of drug-likeness (QED) is 0.564. The molecule has 0 bridgehead atoms. The second-order valence-corrected chi connectivity index (χ2v) is 4.24. The highest BCUT2D eigenvalue weighted by Gasteiger charge is 2.22. The molecule has 1 aliphatic rings. The average molecular weight is 235 g/mol. The highest BCUT2D eigenvalue weighted by Crippen LogP contribution is 2.15. The highest BCUT2D eigenvalue weighted by molar-refractivity contribution is 5.93. The van der Waals surface area contributed by atoms with Gasteiger partial charge in [-0.1, -0.05) is 6.07 Å². The lowest BCUT2D eigenvalue weighted by Gasteiger charge is -2.20. The second-order valence-electron chi connectivity index (χ2n) is 4.24. The van der Waals surface area contributed by atoms with E-state index in [1.54, 1.807) is 24.3 Å². The number of aliphatic hydroxyl groups excluding tert-OH is 1. The van der Waals surface area contributed by atoms with Crippen LogP contribution in [-0.2, 0) is 0 Å². The molecule has 5 heteroatoms. The van der Waals surface area contributed by atoms with Gasteiger partial charge in [-0.25, -0.2) is 0 Å². The van der Waals surface area contributed by atoms with Crippen LogP contribution in [0.5, 0.6) is 0 Å². The van der Waals surface area contributed by atoms with Crippen LogP contribution in [0.1, 0.15) is 23.2 Å². The molecule has 0 saturated carbocycles. The van der Waals surface area contributed by atoms with Crippen molar-refractivity contribution in [2.45, 2.75) is 25.1 Å². The lowest BCUT2D eigenvalue weighted by atomic mass is 10.1. The maximum Gasteiger partial charge on any atom is 0.248 e. The molecule has 1 aliphatic heterocycles. The number of rotatable bonds is 4. The van der Waals surface area contributed by atoms with Gasteiger partial charge in [0, 0.05) is 11.3 Å². The van der Waals surface area contributed by atoms with Crippen molar-refractivity contribution >= 4 is 11.6 Å². The van der Waals surface area contributed by atoms with E-state index in [0.29, 0.717) is 11.3 Å². The Bertz CT molecular complexity index is 402. The Morgan fingerprint density at radius 2 is 2.41 bits per heavy atom. The number of hydrogen-bond acceptors (Lipinski definition) is 4. The first-order valence-electron chi connectivity index (χ1n) is 5.74. The molecule has 1 saturated heterocycles. The predicted octanol–water partition coefficient (Wildman–Crippen LogP) is 0.268. The topological polar surface area (TPSA) is 87.4 Å². The third-order valence-corrected chi connectivity index (χ3v) is 2.94. The van der Waals surface area contributed by atoms with Gasteiger partial charge in [0.25, 0.3) is 0 Å². The van der Waals surface area contributed by atoms with Gasteiger partial charge >= 0.3 is 0 Å². The van der Waals surface area contributed by atoms with E-state index in [1.807, 2.05) is 0 Å². The smallest absolute Gasteiger partial charge is 0.248 e. The van der Waals surface area contributed by atoms with Crippen molar-refractivity contribution in [2.75, 3.05) is 11.9 Å². The Hall–Kier alpha value is -1.59. The standard InChI is InChI=1S/C12H17N3O2/c13-11(16)8-3-1-4-9(7-8)15-12(17)10-5-2-6-14-10/h1,3-4,7,10,12,14-15,17H,2,5-6H2,(H2,13,16)/t10-,12?/m0/s1. The number of anilines is 1. The Morgan fingerprint density at radius 1 is 1.59 bits per heavy atom. The van der Waals surface area contributed by atoms with Gasteiger partial charge < -0.3 is 21.5 Å². The van der Waals surface area contributed by atoms with E-state index >= 15 is 0 Å². The molecule has 0 aliphatic carbocycles. The van der Waals surface area contributed by atoms with E-state index < -0.39 is 12.1 Å². The molecule has 0 aromatic heterocycles. The zero-order valence-electron chi connectivity index (χ0n) is 9.52. The van der Waals surface area contributed by atoms with Crippen LogP contribution in [0.4, 0.5) is 5.69 Å². The molecule has 1 fully saturated rings. The normalized spacial score (nSPS) is 21.1. The van der Waals surface area contributed by atoms with E-state index in [0.717, 1.165) is 19.4 Å². The van der Waals surface area contributed by atoms with Gasteiger partial charge in [-0.3, -0.25) is 4.79 Å². The van der Waals surface area contributed by atoms with Crippen molar-refractivity contribution < 1.29 is 9.90 Å². The van der Waals surface area contributed by atoms with Crippen LogP contribution < -0.4 is 16.4 Å². The minimum absolute atomic E-state index is 0.0623. The van der Waals surface area contributed by atoms with Gasteiger partial charge in [-0.15, -0.1) is 0 Å². The van der Waals surface area contributed by atoms with E-state index in [2.05, 4.69) is 10.6 Å². The summed E-state index contributed by atoms with van der Waals surface area (Å²) in [6, 6.07) is 6.88. The predicted molar refractivity (Wildman–Crippen MR) is 65.6 cm³/mol. The monoisotopic (exact) mass is 235 g/mol. The summed E-state index contributed by atoms with van der Waals surface area (Å²) in [4.78, 5) is 11.0. The van der Waals surface area contributed by atoms with Crippen molar-refractivity contribution in [2.24, 2.45) is 5.73 Å². The lowest BCUT2D eigenvalue weighted by Crippen LogP contribution is -2.39. The minimum Gasteiger partial charge on any atom is -0.372 e. The number of nitrogens with two attached hydrogens (primary N) is 1. The molecule has 1 aromatic carbocycles. The van der Waals surface area contributed by atoms with Crippen LogP contribution in [0, 0.1) is 0 Å². The van der Waals surface area contributed by atoms with E-state index in [-0.39, 0.29) is 6.04 Å². The van der Waals surface area contributed by atoms with Crippen LogP contribution in [0.2, 0.25) is 0 Å².